The zero-order valence-corrected chi connectivity index (χ0v) is 15.0. The number of hydrogen-bond acceptors (Lipinski definition) is 5. The molecule has 1 rings (SSSR count). The van der Waals surface area contributed by atoms with E-state index in [1.54, 1.807) is 26.0 Å². The number of primary amides is 1. The number of sulfone groups is 1. The number of hydrogen-bond donors (Lipinski definition) is 2. The molecule has 0 saturated carbocycles. The molecule has 3 N–H and O–H groups in total. The lowest BCUT2D eigenvalue weighted by Gasteiger charge is -2.29. The topological polar surface area (TPSA) is 155 Å². The van der Waals surface area contributed by atoms with E-state index in [-0.39, 0.29) is 11.3 Å². The summed E-state index contributed by atoms with van der Waals surface area (Å²) in [6, 6.07) is 2.74. The van der Waals surface area contributed by atoms with Crippen molar-refractivity contribution in [1.82, 2.24) is 5.32 Å². The van der Waals surface area contributed by atoms with Crippen molar-refractivity contribution in [1.29, 1.82) is 0 Å². The van der Waals surface area contributed by atoms with Gasteiger partial charge in [0.25, 0.3) is 0 Å². The highest BCUT2D eigenvalue weighted by Gasteiger charge is 2.42. The summed E-state index contributed by atoms with van der Waals surface area (Å²) in [4.78, 5) is 26.1. The Hall–Kier alpha value is -2.58. The molecule has 0 aliphatic heterocycles. The van der Waals surface area contributed by atoms with Crippen molar-refractivity contribution in [3.63, 3.8) is 0 Å². The van der Waals surface area contributed by atoms with E-state index in [1.807, 2.05) is 0 Å². The Morgan fingerprint density at radius 2 is 1.88 bits per heavy atom. The fraction of sp³-hybridized carbons (Fsp3) is 0.467. The van der Waals surface area contributed by atoms with E-state index in [0.717, 1.165) is 12.5 Å². The normalized spacial score (nSPS) is 14.7. The summed E-state index contributed by atoms with van der Waals surface area (Å²) in [5.41, 5.74) is 14.7. The van der Waals surface area contributed by atoms with Gasteiger partial charge in [0.2, 0.25) is 0 Å². The number of ketones is 1. The van der Waals surface area contributed by atoms with E-state index in [2.05, 4.69) is 15.3 Å². The van der Waals surface area contributed by atoms with Crippen LogP contribution in [-0.4, -0.2) is 37.6 Å². The van der Waals surface area contributed by atoms with Crippen LogP contribution >= 0.6 is 0 Å². The molecule has 0 heterocycles. The molecule has 0 fully saturated rings. The quantitative estimate of drug-likeness (QED) is 0.408. The fourth-order valence-corrected chi connectivity index (χ4v) is 4.43. The summed E-state index contributed by atoms with van der Waals surface area (Å²) in [6.45, 7) is 4.55. The number of carbonyl (C=O) groups is 2. The van der Waals surface area contributed by atoms with Gasteiger partial charge in [0, 0.05) is 4.91 Å². The average Bonchev–Trinajstić information content (AvgIpc) is 2.51. The second-order valence-electron chi connectivity index (χ2n) is 5.60. The second kappa shape index (κ2) is 8.50. The number of rotatable bonds is 8. The number of nitrogens with two attached hydrogens (primary N) is 1. The molecule has 0 spiro atoms. The van der Waals surface area contributed by atoms with Crippen molar-refractivity contribution in [3.05, 3.63) is 40.3 Å². The molecule has 0 aliphatic carbocycles. The van der Waals surface area contributed by atoms with Gasteiger partial charge in [-0.05, 0) is 37.9 Å². The van der Waals surface area contributed by atoms with E-state index in [0.29, 0.717) is 0 Å². The van der Waals surface area contributed by atoms with Gasteiger partial charge in [0.15, 0.2) is 9.84 Å². The van der Waals surface area contributed by atoms with Crippen LogP contribution in [0.5, 0.6) is 0 Å². The van der Waals surface area contributed by atoms with E-state index < -0.39 is 39.0 Å². The van der Waals surface area contributed by atoms with Crippen LogP contribution in [0.3, 0.4) is 0 Å². The fourth-order valence-electron chi connectivity index (χ4n) is 2.55. The largest absolute Gasteiger partial charge is 0.352 e. The summed E-state index contributed by atoms with van der Waals surface area (Å²) in [5.74, 6) is -0.689. The molecule has 0 aliphatic rings. The number of urea groups is 1. The van der Waals surface area contributed by atoms with Crippen molar-refractivity contribution >= 4 is 21.7 Å². The van der Waals surface area contributed by atoms with Crippen molar-refractivity contribution in [2.24, 2.45) is 10.8 Å². The maximum Gasteiger partial charge on any atom is 0.312 e. The molecule has 1 aromatic rings. The van der Waals surface area contributed by atoms with Gasteiger partial charge in [-0.2, -0.15) is 0 Å². The minimum Gasteiger partial charge on any atom is -0.352 e. The lowest BCUT2D eigenvalue weighted by atomic mass is 10.0. The Kier molecular flexibility index (Phi) is 6.96. The third-order valence-electron chi connectivity index (χ3n) is 3.75. The Morgan fingerprint density at radius 3 is 2.28 bits per heavy atom. The lowest BCUT2D eigenvalue weighted by Crippen LogP contribution is -2.56. The predicted octanol–water partition coefficient (Wildman–Crippen LogP) is 1.85. The van der Waals surface area contributed by atoms with Gasteiger partial charge in [0.1, 0.15) is 11.0 Å². The van der Waals surface area contributed by atoms with Gasteiger partial charge in [-0.25, -0.2) is 13.2 Å². The molecule has 2 amide bonds. The number of benzene rings is 1. The maximum absolute atomic E-state index is 13.0. The molecular formula is C15H21N5O4S. The molecule has 136 valence electrons. The van der Waals surface area contributed by atoms with Crippen LogP contribution in [0.2, 0.25) is 0 Å². The van der Waals surface area contributed by atoms with Crippen LogP contribution < -0.4 is 11.1 Å². The molecule has 0 bridgehead atoms. The summed E-state index contributed by atoms with van der Waals surface area (Å²) >= 11 is 0. The van der Waals surface area contributed by atoms with Crippen molar-refractivity contribution in [2.45, 2.75) is 49.4 Å². The molecule has 1 aromatic carbocycles. The molecule has 3 unspecified atom stereocenters. The number of aryl methyl sites for hydroxylation is 1. The van der Waals surface area contributed by atoms with Crippen molar-refractivity contribution in [3.8, 4) is 0 Å². The van der Waals surface area contributed by atoms with E-state index in [1.165, 1.54) is 12.1 Å². The lowest BCUT2D eigenvalue weighted by molar-refractivity contribution is -0.117. The van der Waals surface area contributed by atoms with Crippen LogP contribution in [0, 0.1) is 6.92 Å². The third kappa shape index (κ3) is 4.94. The van der Waals surface area contributed by atoms with Gasteiger partial charge in [-0.15, -0.1) is 0 Å². The van der Waals surface area contributed by atoms with E-state index >= 15 is 0 Å². The number of Topliss-reactive ketones (excluding diaryl/α,β-unsaturated/α-hetero) is 1. The standard InChI is InChI=1S/C15H21N5O4S/c1-4-12(19-20-17)13(18-15(16)22)14(10(3)21)25(23,24)11-7-5-9(2)6-8-11/h5-8,12-14H,4H2,1-3H3,(H3,16,18,22). The number of nitrogens with one attached hydrogen (secondary N) is 1. The highest BCUT2D eigenvalue weighted by atomic mass is 32.2. The smallest absolute Gasteiger partial charge is 0.312 e. The number of azide groups is 1. The predicted molar refractivity (Wildman–Crippen MR) is 92.6 cm³/mol. The Balaban J connectivity index is 3.51. The molecule has 0 radical (unpaired) electrons. The van der Waals surface area contributed by atoms with Crippen LogP contribution in [0.4, 0.5) is 4.79 Å². The minimum absolute atomic E-state index is 0.0645. The molecule has 3 atom stereocenters. The molecule has 0 saturated heterocycles. The molecular weight excluding hydrogens is 346 g/mol. The van der Waals surface area contributed by atoms with Crippen molar-refractivity contribution < 1.29 is 18.0 Å². The third-order valence-corrected chi connectivity index (χ3v) is 5.98. The van der Waals surface area contributed by atoms with E-state index in [4.69, 9.17) is 11.3 Å². The van der Waals surface area contributed by atoms with Crippen LogP contribution in [0.1, 0.15) is 25.8 Å². The van der Waals surface area contributed by atoms with Crippen LogP contribution in [-0.2, 0) is 14.6 Å². The maximum atomic E-state index is 13.0. The van der Waals surface area contributed by atoms with Crippen LogP contribution in [0.25, 0.3) is 10.4 Å². The Labute approximate surface area is 146 Å². The first-order valence-electron chi connectivity index (χ1n) is 7.56. The summed E-state index contributed by atoms with van der Waals surface area (Å²) in [7, 11) is -4.14. The minimum atomic E-state index is -4.14. The number of amides is 2. The first-order chi connectivity index (χ1) is 11.6. The first kappa shape index (κ1) is 20.5. The molecule has 9 nitrogen and oxygen atoms in total. The SMILES string of the molecule is CCC(N=[N+]=[N-])C(NC(N)=O)C(C(C)=O)S(=O)(=O)c1ccc(C)cc1. The van der Waals surface area contributed by atoms with Gasteiger partial charge in [0.05, 0.1) is 17.0 Å². The summed E-state index contributed by atoms with van der Waals surface area (Å²) in [5, 5.41) is 4.15. The van der Waals surface area contributed by atoms with Crippen LogP contribution in [0.15, 0.2) is 34.3 Å². The Bertz CT molecular complexity index is 785. The van der Waals surface area contributed by atoms with Gasteiger partial charge >= 0.3 is 6.03 Å². The molecule has 0 aromatic heterocycles. The second-order valence-corrected chi connectivity index (χ2v) is 7.67. The highest BCUT2D eigenvalue weighted by molar-refractivity contribution is 7.92. The summed E-state index contributed by atoms with van der Waals surface area (Å²) in [6.07, 6.45) is 0.211. The monoisotopic (exact) mass is 367 g/mol. The van der Waals surface area contributed by atoms with Gasteiger partial charge in [-0.3, -0.25) is 4.79 Å². The average molecular weight is 367 g/mol. The highest BCUT2D eigenvalue weighted by Crippen LogP contribution is 2.23. The summed E-state index contributed by atoms with van der Waals surface area (Å²) < 4.78 is 26.0. The Morgan fingerprint density at radius 1 is 1.32 bits per heavy atom. The van der Waals surface area contributed by atoms with Gasteiger partial charge < -0.3 is 11.1 Å². The van der Waals surface area contributed by atoms with E-state index in [9.17, 15) is 18.0 Å². The molecule has 25 heavy (non-hydrogen) atoms. The first-order valence-corrected chi connectivity index (χ1v) is 9.11. The zero-order valence-electron chi connectivity index (χ0n) is 14.2. The van der Waals surface area contributed by atoms with Crippen molar-refractivity contribution in [2.75, 3.05) is 0 Å². The zero-order chi connectivity index (χ0) is 19.2. The number of carbonyl (C=O) groups excluding carboxylic acids is 2. The molecule has 10 heteroatoms. The van der Waals surface area contributed by atoms with Gasteiger partial charge in [-0.1, -0.05) is 29.7 Å². The number of nitrogens with zero attached hydrogens (tertiary/aromatic N) is 3.